The predicted octanol–water partition coefficient (Wildman–Crippen LogP) is 0.644. The minimum Gasteiger partial charge on any atom is -0.503 e. The Labute approximate surface area is 114 Å². The van der Waals surface area contributed by atoms with Crippen molar-refractivity contribution < 1.29 is 5.11 Å². The standard InChI is InChI=1S/C14H16N2O4/c1-7-9(10-11(17)13(19)12(10)18)14(20)16(15-7)6-8-4-2-3-5-8/h8,15,17H,2-6H2,1H3. The van der Waals surface area contributed by atoms with E-state index in [1.165, 1.54) is 17.5 Å². The highest BCUT2D eigenvalue weighted by Crippen LogP contribution is 2.27. The molecule has 1 aliphatic rings. The van der Waals surface area contributed by atoms with Crippen LogP contribution in [0, 0.1) is 12.8 Å². The number of aryl methyl sites for hydroxylation is 1. The minimum atomic E-state index is -0.914. The molecule has 106 valence electrons. The number of hydrogen-bond donors (Lipinski definition) is 2. The fourth-order valence-corrected chi connectivity index (χ4v) is 3.09. The van der Waals surface area contributed by atoms with E-state index in [0.29, 0.717) is 18.2 Å². The fraction of sp³-hybridized carbons (Fsp3) is 0.500. The Kier molecular flexibility index (Phi) is 2.88. The lowest BCUT2D eigenvalue weighted by molar-refractivity contribution is 0.420. The zero-order valence-corrected chi connectivity index (χ0v) is 11.2. The van der Waals surface area contributed by atoms with Gasteiger partial charge in [0.2, 0.25) is 5.43 Å². The van der Waals surface area contributed by atoms with Crippen molar-refractivity contribution in [3.05, 3.63) is 36.5 Å². The van der Waals surface area contributed by atoms with E-state index in [2.05, 4.69) is 5.10 Å². The third kappa shape index (κ3) is 1.75. The SMILES string of the molecule is Cc1[nH]n(CC2CCCC2)c(=O)c1-c1c(O)c(=O)c1=O. The molecular formula is C14H16N2O4. The highest BCUT2D eigenvalue weighted by atomic mass is 16.3. The van der Waals surface area contributed by atoms with Gasteiger partial charge in [-0.3, -0.25) is 24.2 Å². The van der Waals surface area contributed by atoms with Gasteiger partial charge in [0.05, 0.1) is 11.1 Å². The molecule has 6 nitrogen and oxygen atoms in total. The summed E-state index contributed by atoms with van der Waals surface area (Å²) in [5.41, 5.74) is -1.53. The van der Waals surface area contributed by atoms with Crippen LogP contribution >= 0.6 is 0 Å². The summed E-state index contributed by atoms with van der Waals surface area (Å²) in [6.07, 6.45) is 4.58. The minimum absolute atomic E-state index is 0.130. The largest absolute Gasteiger partial charge is 0.503 e. The first-order valence-corrected chi connectivity index (χ1v) is 6.82. The number of aromatic nitrogens is 2. The van der Waals surface area contributed by atoms with Gasteiger partial charge in [-0.2, -0.15) is 0 Å². The van der Waals surface area contributed by atoms with Crippen LogP contribution in [-0.4, -0.2) is 14.9 Å². The molecule has 6 heteroatoms. The van der Waals surface area contributed by atoms with Crippen molar-refractivity contribution in [1.29, 1.82) is 0 Å². The third-order valence-corrected chi connectivity index (χ3v) is 4.19. The Bertz CT molecular complexity index is 783. The first kappa shape index (κ1) is 12.9. The summed E-state index contributed by atoms with van der Waals surface area (Å²) in [4.78, 5) is 34.9. The first-order chi connectivity index (χ1) is 9.50. The topological polar surface area (TPSA) is 92.2 Å². The van der Waals surface area contributed by atoms with Crippen molar-refractivity contribution in [2.75, 3.05) is 0 Å². The summed E-state index contributed by atoms with van der Waals surface area (Å²) in [5.74, 6) is -0.123. The zero-order chi connectivity index (χ0) is 14.4. The second kappa shape index (κ2) is 4.47. The van der Waals surface area contributed by atoms with Gasteiger partial charge >= 0.3 is 0 Å². The maximum absolute atomic E-state index is 12.3. The highest BCUT2D eigenvalue weighted by Gasteiger charge is 2.28. The summed E-state index contributed by atoms with van der Waals surface area (Å²) >= 11 is 0. The average molecular weight is 276 g/mol. The summed E-state index contributed by atoms with van der Waals surface area (Å²) in [7, 11) is 0. The normalized spacial score (nSPS) is 16.2. The summed E-state index contributed by atoms with van der Waals surface area (Å²) in [6, 6.07) is 0. The van der Waals surface area contributed by atoms with Crippen molar-refractivity contribution in [3.8, 4) is 16.9 Å². The van der Waals surface area contributed by atoms with Crippen LogP contribution in [0.3, 0.4) is 0 Å². The Morgan fingerprint density at radius 2 is 1.80 bits per heavy atom. The van der Waals surface area contributed by atoms with E-state index >= 15 is 0 Å². The average Bonchev–Trinajstić information content (AvgIpc) is 3.02. The lowest BCUT2D eigenvalue weighted by Crippen LogP contribution is -2.34. The fourth-order valence-electron chi connectivity index (χ4n) is 3.09. The Hall–Kier alpha value is -2.11. The summed E-state index contributed by atoms with van der Waals surface area (Å²) in [5, 5.41) is 12.4. The molecule has 0 saturated heterocycles. The predicted molar refractivity (Wildman–Crippen MR) is 73.8 cm³/mol. The van der Waals surface area contributed by atoms with Gasteiger partial charge in [-0.25, -0.2) is 0 Å². The molecule has 1 aromatic carbocycles. The van der Waals surface area contributed by atoms with Crippen LogP contribution in [0.4, 0.5) is 0 Å². The Morgan fingerprint density at radius 3 is 2.40 bits per heavy atom. The number of hydrogen-bond acceptors (Lipinski definition) is 4. The molecule has 1 heterocycles. The Balaban J connectivity index is 2.01. The second-order valence-electron chi connectivity index (χ2n) is 5.56. The molecule has 0 spiro atoms. The number of aromatic hydroxyl groups is 1. The van der Waals surface area contributed by atoms with Crippen LogP contribution in [0.25, 0.3) is 11.1 Å². The molecular weight excluding hydrogens is 260 g/mol. The van der Waals surface area contributed by atoms with Crippen LogP contribution in [0.1, 0.15) is 31.4 Å². The zero-order valence-electron chi connectivity index (χ0n) is 11.2. The van der Waals surface area contributed by atoms with Gasteiger partial charge in [0, 0.05) is 12.2 Å². The maximum atomic E-state index is 12.3. The Morgan fingerprint density at radius 1 is 1.15 bits per heavy atom. The van der Waals surface area contributed by atoms with E-state index in [1.807, 2.05) is 0 Å². The quantitative estimate of drug-likeness (QED) is 0.805. The smallest absolute Gasteiger partial charge is 0.274 e. The molecule has 2 N–H and O–H groups in total. The van der Waals surface area contributed by atoms with E-state index in [9.17, 15) is 19.5 Å². The molecule has 0 radical (unpaired) electrons. The van der Waals surface area contributed by atoms with Gasteiger partial charge in [-0.15, -0.1) is 0 Å². The van der Waals surface area contributed by atoms with Crippen LogP contribution in [-0.2, 0) is 6.54 Å². The second-order valence-corrected chi connectivity index (χ2v) is 5.56. The maximum Gasteiger partial charge on any atom is 0.274 e. The molecule has 0 aliphatic heterocycles. The van der Waals surface area contributed by atoms with Crippen molar-refractivity contribution >= 4 is 0 Å². The van der Waals surface area contributed by atoms with E-state index in [-0.39, 0.29) is 16.7 Å². The van der Waals surface area contributed by atoms with Gasteiger partial charge < -0.3 is 5.11 Å². The number of aromatic amines is 1. The molecule has 1 aliphatic carbocycles. The monoisotopic (exact) mass is 276 g/mol. The van der Waals surface area contributed by atoms with Gasteiger partial charge in [0.15, 0.2) is 5.75 Å². The highest BCUT2D eigenvalue weighted by molar-refractivity contribution is 5.74. The molecule has 0 atom stereocenters. The molecule has 1 saturated carbocycles. The van der Waals surface area contributed by atoms with Crippen LogP contribution < -0.4 is 16.4 Å². The third-order valence-electron chi connectivity index (χ3n) is 4.19. The van der Waals surface area contributed by atoms with Crippen molar-refractivity contribution in [2.24, 2.45) is 5.92 Å². The van der Waals surface area contributed by atoms with Crippen LogP contribution in [0.2, 0.25) is 0 Å². The summed E-state index contributed by atoms with van der Waals surface area (Å²) in [6.45, 7) is 2.26. The number of nitrogens with zero attached hydrogens (tertiary/aromatic N) is 1. The van der Waals surface area contributed by atoms with Gasteiger partial charge in [-0.05, 0) is 25.7 Å². The molecule has 0 bridgehead atoms. The van der Waals surface area contributed by atoms with Gasteiger partial charge in [0.25, 0.3) is 11.0 Å². The number of H-pyrrole nitrogens is 1. The molecule has 1 fully saturated rings. The van der Waals surface area contributed by atoms with Gasteiger partial charge in [-0.1, -0.05) is 12.8 Å². The van der Waals surface area contributed by atoms with Crippen LogP contribution in [0.5, 0.6) is 5.75 Å². The molecule has 1 aromatic heterocycles. The number of nitrogens with one attached hydrogen (secondary N) is 1. The lowest BCUT2D eigenvalue weighted by atomic mass is 10.0. The van der Waals surface area contributed by atoms with E-state index in [0.717, 1.165) is 12.8 Å². The molecule has 20 heavy (non-hydrogen) atoms. The molecule has 3 rings (SSSR count). The lowest BCUT2D eigenvalue weighted by Gasteiger charge is -2.08. The number of rotatable bonds is 3. The molecule has 0 unspecified atom stereocenters. The van der Waals surface area contributed by atoms with E-state index in [4.69, 9.17) is 0 Å². The first-order valence-electron chi connectivity index (χ1n) is 6.82. The van der Waals surface area contributed by atoms with Crippen molar-refractivity contribution in [2.45, 2.75) is 39.2 Å². The van der Waals surface area contributed by atoms with E-state index in [1.54, 1.807) is 6.92 Å². The van der Waals surface area contributed by atoms with Crippen molar-refractivity contribution in [1.82, 2.24) is 9.78 Å². The van der Waals surface area contributed by atoms with E-state index < -0.39 is 16.6 Å². The molecule has 2 aromatic rings. The molecule has 0 amide bonds. The van der Waals surface area contributed by atoms with Crippen molar-refractivity contribution in [3.63, 3.8) is 0 Å². The summed E-state index contributed by atoms with van der Waals surface area (Å²) < 4.78 is 1.48. The van der Waals surface area contributed by atoms with Gasteiger partial charge in [0.1, 0.15) is 0 Å². The van der Waals surface area contributed by atoms with Crippen LogP contribution in [0.15, 0.2) is 14.4 Å².